The number of rotatable bonds is 9. The van der Waals surface area contributed by atoms with Crippen LogP contribution in [0.5, 0.6) is 0 Å². The van der Waals surface area contributed by atoms with E-state index in [1.807, 2.05) is 12.0 Å². The number of aliphatic hydroxyl groups is 3. The highest BCUT2D eigenvalue weighted by atomic mass is 19.1. The van der Waals surface area contributed by atoms with E-state index in [2.05, 4.69) is 24.3 Å². The van der Waals surface area contributed by atoms with E-state index in [0.717, 1.165) is 30.5 Å². The highest BCUT2D eigenvalue weighted by molar-refractivity contribution is 5.48. The lowest BCUT2D eigenvalue weighted by molar-refractivity contribution is -0.114. The van der Waals surface area contributed by atoms with Gasteiger partial charge in [-0.15, -0.1) is 0 Å². The van der Waals surface area contributed by atoms with Crippen LogP contribution >= 0.6 is 0 Å². The van der Waals surface area contributed by atoms with Crippen LogP contribution in [0.4, 0.5) is 14.5 Å². The molecule has 2 aliphatic heterocycles. The van der Waals surface area contributed by atoms with Crippen molar-refractivity contribution in [1.82, 2.24) is 0 Å². The minimum Gasteiger partial charge on any atom is -0.394 e. The second-order valence-electron chi connectivity index (χ2n) is 10.4. The van der Waals surface area contributed by atoms with Crippen molar-refractivity contribution in [2.45, 2.75) is 75.9 Å². The number of hydrogen-bond acceptors (Lipinski definition) is 6. The maximum Gasteiger partial charge on any atom is 0.123 e. The standard InChI is InChI=1S/C23H28FNO4.C9H11FO/c24-18-8-10-19(11-9-18)25-23(15-28-25)17-6-4-16(5-7-17)2-1-3-21-12-20(27)13-22(14-26)29-21;1-2-9(11)7-3-5-8(10)6-4-7/h4-11,20-23,26-27H,1-3,12-15H2;3-6,9,11H,2H2,1H3. The molecule has 2 saturated heterocycles. The van der Waals surface area contributed by atoms with Crippen LogP contribution in [-0.2, 0) is 16.0 Å². The summed E-state index contributed by atoms with van der Waals surface area (Å²) in [7, 11) is 0. The quantitative estimate of drug-likeness (QED) is 0.309. The van der Waals surface area contributed by atoms with Crippen LogP contribution in [0.3, 0.4) is 0 Å². The van der Waals surface area contributed by atoms with Crippen molar-refractivity contribution in [1.29, 1.82) is 0 Å². The highest BCUT2D eigenvalue weighted by Gasteiger charge is 2.31. The molecule has 40 heavy (non-hydrogen) atoms. The Hall–Kier alpha value is -2.88. The van der Waals surface area contributed by atoms with Crippen molar-refractivity contribution >= 4 is 5.69 Å². The number of nitrogens with zero attached hydrogens (tertiary/aromatic N) is 1. The van der Waals surface area contributed by atoms with E-state index in [1.165, 1.54) is 35.4 Å². The van der Waals surface area contributed by atoms with Crippen molar-refractivity contribution in [3.63, 3.8) is 0 Å². The molecule has 0 aromatic heterocycles. The summed E-state index contributed by atoms with van der Waals surface area (Å²) in [6.45, 7) is 2.47. The predicted octanol–water partition coefficient (Wildman–Crippen LogP) is 5.81. The van der Waals surface area contributed by atoms with Gasteiger partial charge in [0.05, 0.1) is 36.7 Å². The van der Waals surface area contributed by atoms with Gasteiger partial charge in [0.25, 0.3) is 0 Å². The Morgan fingerprint density at radius 3 is 2.10 bits per heavy atom. The fraction of sp³-hybridized carbons (Fsp3) is 0.438. The van der Waals surface area contributed by atoms with Gasteiger partial charge in [0.15, 0.2) is 0 Å². The maximum atomic E-state index is 13.1. The van der Waals surface area contributed by atoms with Gasteiger partial charge in [-0.25, -0.2) is 13.8 Å². The molecule has 8 heteroatoms. The topological polar surface area (TPSA) is 82.4 Å². The fourth-order valence-corrected chi connectivity index (χ4v) is 5.05. The lowest BCUT2D eigenvalue weighted by atomic mass is 9.96. The average Bonchev–Trinajstić information content (AvgIpc) is 2.94. The van der Waals surface area contributed by atoms with Crippen LogP contribution in [0.2, 0.25) is 0 Å². The van der Waals surface area contributed by atoms with Gasteiger partial charge < -0.3 is 20.1 Å². The molecule has 3 aromatic rings. The van der Waals surface area contributed by atoms with Gasteiger partial charge in [-0.05, 0) is 85.2 Å². The molecule has 0 aliphatic carbocycles. The van der Waals surface area contributed by atoms with Crippen molar-refractivity contribution in [2.24, 2.45) is 0 Å². The molecular weight excluding hydrogens is 516 g/mol. The molecule has 0 spiro atoms. The third kappa shape index (κ3) is 8.32. The lowest BCUT2D eigenvalue weighted by Gasteiger charge is -2.41. The van der Waals surface area contributed by atoms with Gasteiger partial charge in [0.2, 0.25) is 0 Å². The Morgan fingerprint density at radius 1 is 0.900 bits per heavy atom. The van der Waals surface area contributed by atoms with Gasteiger partial charge in [-0.1, -0.05) is 43.3 Å². The van der Waals surface area contributed by atoms with Gasteiger partial charge in [-0.3, -0.25) is 4.84 Å². The van der Waals surface area contributed by atoms with Crippen LogP contribution in [0.15, 0.2) is 72.8 Å². The van der Waals surface area contributed by atoms with Gasteiger partial charge in [-0.2, -0.15) is 0 Å². The monoisotopic (exact) mass is 555 g/mol. The minimum absolute atomic E-state index is 0.0200. The summed E-state index contributed by atoms with van der Waals surface area (Å²) < 4.78 is 31.3. The molecule has 0 bridgehead atoms. The summed E-state index contributed by atoms with van der Waals surface area (Å²) in [4.78, 5) is 5.57. The predicted molar refractivity (Wildman–Crippen MR) is 150 cm³/mol. The third-order valence-corrected chi connectivity index (χ3v) is 7.39. The number of ether oxygens (including phenoxy) is 1. The maximum absolute atomic E-state index is 13.1. The number of benzene rings is 3. The van der Waals surface area contributed by atoms with Crippen LogP contribution in [0, 0.1) is 11.6 Å². The average molecular weight is 556 g/mol. The number of anilines is 1. The molecule has 0 saturated carbocycles. The number of hydrogen-bond donors (Lipinski definition) is 3. The molecule has 0 radical (unpaired) electrons. The SMILES string of the molecule is CCC(O)c1ccc(F)cc1.OCC1CC(O)CC(CCCc2ccc(C3CON3c3ccc(F)cc3)cc2)O1. The normalized spacial score (nSPS) is 23.1. The lowest BCUT2D eigenvalue weighted by Crippen LogP contribution is -2.43. The first-order valence-electron chi connectivity index (χ1n) is 14.0. The molecule has 2 fully saturated rings. The summed E-state index contributed by atoms with van der Waals surface area (Å²) in [5, 5.41) is 30.3. The highest BCUT2D eigenvalue weighted by Crippen LogP contribution is 2.35. The number of aryl methyl sites for hydroxylation is 1. The second kappa shape index (κ2) is 14.7. The van der Waals surface area contributed by atoms with Gasteiger partial charge in [0, 0.05) is 6.42 Å². The largest absolute Gasteiger partial charge is 0.394 e. The van der Waals surface area contributed by atoms with Crippen molar-refractivity contribution in [2.75, 3.05) is 18.3 Å². The molecule has 0 amide bonds. The third-order valence-electron chi connectivity index (χ3n) is 7.39. The Morgan fingerprint density at radius 2 is 1.52 bits per heavy atom. The summed E-state index contributed by atoms with van der Waals surface area (Å²) in [6, 6.07) is 20.9. The zero-order valence-corrected chi connectivity index (χ0v) is 22.8. The van der Waals surface area contributed by atoms with E-state index in [1.54, 1.807) is 24.3 Å². The molecule has 6 nitrogen and oxygen atoms in total. The Balaban J connectivity index is 0.000000283. The Kier molecular flexibility index (Phi) is 11.0. The number of halogens is 2. The molecule has 2 heterocycles. The van der Waals surface area contributed by atoms with Crippen LogP contribution in [0.25, 0.3) is 0 Å². The van der Waals surface area contributed by atoms with Crippen LogP contribution in [-0.4, -0.2) is 46.8 Å². The number of hydroxylamine groups is 1. The Labute approximate surface area is 234 Å². The molecular formula is C32H39F2NO5. The van der Waals surface area contributed by atoms with Gasteiger partial charge >= 0.3 is 0 Å². The summed E-state index contributed by atoms with van der Waals surface area (Å²) in [5.74, 6) is -0.521. The van der Waals surface area contributed by atoms with Crippen molar-refractivity contribution in [3.8, 4) is 0 Å². The smallest absolute Gasteiger partial charge is 0.123 e. The Bertz CT molecular complexity index is 1160. The molecule has 2 aliphatic rings. The molecule has 3 N–H and O–H groups in total. The summed E-state index contributed by atoms with van der Waals surface area (Å²) in [6.07, 6.45) is 3.57. The molecule has 216 valence electrons. The zero-order valence-electron chi connectivity index (χ0n) is 22.8. The zero-order chi connectivity index (χ0) is 28.5. The summed E-state index contributed by atoms with van der Waals surface area (Å²) in [5.41, 5.74) is 4.06. The molecule has 3 aromatic carbocycles. The van der Waals surface area contributed by atoms with E-state index in [9.17, 15) is 24.1 Å². The summed E-state index contributed by atoms with van der Waals surface area (Å²) >= 11 is 0. The minimum atomic E-state index is -0.462. The van der Waals surface area contributed by atoms with Crippen LogP contribution in [0.1, 0.15) is 67.9 Å². The number of aliphatic hydroxyl groups excluding tert-OH is 3. The van der Waals surface area contributed by atoms with Crippen molar-refractivity contribution < 1.29 is 33.7 Å². The van der Waals surface area contributed by atoms with E-state index in [-0.39, 0.29) is 42.6 Å². The van der Waals surface area contributed by atoms with E-state index >= 15 is 0 Å². The first-order valence-corrected chi connectivity index (χ1v) is 14.0. The van der Waals surface area contributed by atoms with Crippen LogP contribution < -0.4 is 5.06 Å². The van der Waals surface area contributed by atoms with E-state index in [0.29, 0.717) is 25.9 Å². The fourth-order valence-electron chi connectivity index (χ4n) is 5.05. The molecule has 5 rings (SSSR count). The molecule has 5 unspecified atom stereocenters. The first kappa shape index (κ1) is 30.1. The van der Waals surface area contributed by atoms with E-state index < -0.39 is 6.10 Å². The van der Waals surface area contributed by atoms with Gasteiger partial charge in [0.1, 0.15) is 24.3 Å². The first-order chi connectivity index (χ1) is 19.4. The molecule has 5 atom stereocenters. The second-order valence-corrected chi connectivity index (χ2v) is 10.4. The van der Waals surface area contributed by atoms with E-state index in [4.69, 9.17) is 9.57 Å². The van der Waals surface area contributed by atoms with Crippen molar-refractivity contribution in [3.05, 3.63) is 101 Å².